The van der Waals surface area contributed by atoms with Gasteiger partial charge in [0.05, 0.1) is 28.1 Å². The molecule has 2 aromatic carbocycles. The number of aryl methyl sites for hydroxylation is 2. The number of hydrogen-bond acceptors (Lipinski definition) is 7. The number of anilines is 1. The van der Waals surface area contributed by atoms with E-state index in [0.29, 0.717) is 38.2 Å². The van der Waals surface area contributed by atoms with E-state index in [0.717, 1.165) is 23.7 Å². The quantitative estimate of drug-likeness (QED) is 0.503. The fraction of sp³-hybridized carbons (Fsp3) is 0.462. The second kappa shape index (κ2) is 9.99. The van der Waals surface area contributed by atoms with E-state index in [1.54, 1.807) is 42.7 Å². The first-order valence-corrected chi connectivity index (χ1v) is 14.6. The Kier molecular flexibility index (Phi) is 6.93. The van der Waals surface area contributed by atoms with Gasteiger partial charge in [-0.3, -0.25) is 4.79 Å². The lowest BCUT2D eigenvalue weighted by Crippen LogP contribution is -2.53. The predicted octanol–water partition coefficient (Wildman–Crippen LogP) is 3.67. The first-order chi connectivity index (χ1) is 17.3. The number of rotatable bonds is 5. The fourth-order valence-electron chi connectivity index (χ4n) is 5.13. The van der Waals surface area contributed by atoms with Gasteiger partial charge in [0.2, 0.25) is 15.9 Å². The molecular weight excluding hydrogens is 496 g/mol. The van der Waals surface area contributed by atoms with Crippen LogP contribution in [0, 0.1) is 19.8 Å². The molecule has 1 aromatic heterocycles. The molecule has 192 valence electrons. The van der Waals surface area contributed by atoms with E-state index in [1.165, 1.54) is 20.1 Å². The van der Waals surface area contributed by atoms with E-state index in [2.05, 4.69) is 30.9 Å². The van der Waals surface area contributed by atoms with Gasteiger partial charge in [-0.15, -0.1) is 0 Å². The van der Waals surface area contributed by atoms with Crippen LogP contribution in [-0.4, -0.2) is 74.9 Å². The summed E-state index contributed by atoms with van der Waals surface area (Å²) in [7, 11) is -2.11. The van der Waals surface area contributed by atoms with Crippen molar-refractivity contribution >= 4 is 42.6 Å². The molecule has 2 saturated heterocycles. The number of thiazole rings is 1. The Hall–Kier alpha value is -2.69. The molecular formula is C26H32N4O4S2. The normalized spacial score (nSPS) is 19.6. The summed E-state index contributed by atoms with van der Waals surface area (Å²) in [4.78, 5) is 22.6. The smallest absolute Gasteiger partial charge is 0.243 e. The van der Waals surface area contributed by atoms with Gasteiger partial charge in [-0.2, -0.15) is 4.31 Å². The van der Waals surface area contributed by atoms with Crippen LogP contribution in [0.15, 0.2) is 41.3 Å². The van der Waals surface area contributed by atoms with E-state index in [4.69, 9.17) is 9.72 Å². The number of fused-ring (bicyclic) bond motifs is 1. The number of sulfonamides is 1. The van der Waals surface area contributed by atoms with Gasteiger partial charge in [0.25, 0.3) is 0 Å². The summed E-state index contributed by atoms with van der Waals surface area (Å²) in [6.07, 6.45) is 1.39. The number of hydrogen-bond donors (Lipinski definition) is 0. The molecule has 2 aliphatic rings. The molecule has 1 unspecified atom stereocenters. The summed E-state index contributed by atoms with van der Waals surface area (Å²) in [6.45, 7) is 7.55. The molecule has 3 aromatic rings. The number of amides is 1. The van der Waals surface area contributed by atoms with Crippen LogP contribution in [0.2, 0.25) is 0 Å². The van der Waals surface area contributed by atoms with E-state index in [9.17, 15) is 13.2 Å². The van der Waals surface area contributed by atoms with E-state index in [-0.39, 0.29) is 23.3 Å². The SMILES string of the molecule is COc1ccc(S(=O)(=O)N2CCCC(C(=O)N3CCN(c4nc5c(C)cc(C)cc5s4)CC3)C2)cc1. The second-order valence-corrected chi connectivity index (χ2v) is 12.6. The highest BCUT2D eigenvalue weighted by molar-refractivity contribution is 7.89. The first kappa shape index (κ1) is 25.0. The van der Waals surface area contributed by atoms with Gasteiger partial charge in [-0.25, -0.2) is 13.4 Å². The minimum Gasteiger partial charge on any atom is -0.497 e. The van der Waals surface area contributed by atoms with Crippen molar-refractivity contribution in [3.63, 3.8) is 0 Å². The summed E-state index contributed by atoms with van der Waals surface area (Å²) in [5, 5.41) is 1.00. The largest absolute Gasteiger partial charge is 0.497 e. The summed E-state index contributed by atoms with van der Waals surface area (Å²) in [5.41, 5.74) is 3.48. The van der Waals surface area contributed by atoms with Crippen molar-refractivity contribution in [1.82, 2.24) is 14.2 Å². The molecule has 1 atom stereocenters. The van der Waals surface area contributed by atoms with E-state index in [1.807, 2.05) is 4.90 Å². The van der Waals surface area contributed by atoms with Crippen LogP contribution in [0.1, 0.15) is 24.0 Å². The minimum absolute atomic E-state index is 0.0556. The van der Waals surface area contributed by atoms with E-state index < -0.39 is 10.0 Å². The lowest BCUT2D eigenvalue weighted by Gasteiger charge is -2.38. The molecule has 0 radical (unpaired) electrons. The molecule has 36 heavy (non-hydrogen) atoms. The van der Waals surface area contributed by atoms with Crippen molar-refractivity contribution in [3.8, 4) is 5.75 Å². The number of piperidine rings is 1. The molecule has 0 spiro atoms. The molecule has 0 saturated carbocycles. The maximum atomic E-state index is 13.4. The number of benzene rings is 2. The fourth-order valence-corrected chi connectivity index (χ4v) is 7.85. The lowest BCUT2D eigenvalue weighted by atomic mass is 9.98. The Balaban J connectivity index is 1.22. The van der Waals surface area contributed by atoms with Gasteiger partial charge in [0.1, 0.15) is 5.75 Å². The molecule has 2 aliphatic heterocycles. The van der Waals surface area contributed by atoms with Crippen LogP contribution in [-0.2, 0) is 14.8 Å². The van der Waals surface area contributed by atoms with Gasteiger partial charge in [0, 0.05) is 39.3 Å². The molecule has 0 aliphatic carbocycles. The van der Waals surface area contributed by atoms with Gasteiger partial charge >= 0.3 is 0 Å². The molecule has 0 bridgehead atoms. The van der Waals surface area contributed by atoms with Gasteiger partial charge in [0.15, 0.2) is 5.13 Å². The van der Waals surface area contributed by atoms with Crippen LogP contribution < -0.4 is 9.64 Å². The van der Waals surface area contributed by atoms with Crippen LogP contribution in [0.25, 0.3) is 10.2 Å². The topological polar surface area (TPSA) is 83.0 Å². The van der Waals surface area contributed by atoms with Crippen LogP contribution >= 0.6 is 11.3 Å². The highest BCUT2D eigenvalue weighted by atomic mass is 32.2. The van der Waals surface area contributed by atoms with Crippen LogP contribution in [0.5, 0.6) is 5.75 Å². The third-order valence-corrected chi connectivity index (χ3v) is 10.1. The molecule has 10 heteroatoms. The first-order valence-electron chi connectivity index (χ1n) is 12.3. The van der Waals surface area contributed by atoms with Crippen molar-refractivity contribution in [1.29, 1.82) is 0 Å². The van der Waals surface area contributed by atoms with Gasteiger partial charge in [-0.05, 0) is 68.1 Å². The zero-order valence-corrected chi connectivity index (χ0v) is 22.6. The summed E-state index contributed by atoms with van der Waals surface area (Å²) >= 11 is 1.70. The Morgan fingerprint density at radius 2 is 1.78 bits per heavy atom. The zero-order chi connectivity index (χ0) is 25.4. The maximum absolute atomic E-state index is 13.4. The number of piperazine rings is 1. The predicted molar refractivity (Wildman–Crippen MR) is 142 cm³/mol. The van der Waals surface area contributed by atoms with Crippen molar-refractivity contribution in [2.45, 2.75) is 31.6 Å². The standard InChI is InChI=1S/C26H32N4O4S2/c1-18-15-19(2)24-23(16-18)35-26(27-24)29-13-11-28(12-14-29)25(31)20-5-4-10-30(17-20)36(32,33)22-8-6-21(34-3)7-9-22/h6-9,15-16,20H,4-5,10-14,17H2,1-3H3. The molecule has 0 N–H and O–H groups in total. The number of carbonyl (C=O) groups is 1. The second-order valence-electron chi connectivity index (χ2n) is 9.62. The molecule has 2 fully saturated rings. The van der Waals surface area contributed by atoms with E-state index >= 15 is 0 Å². The lowest BCUT2D eigenvalue weighted by molar-refractivity contribution is -0.137. The number of carbonyl (C=O) groups excluding carboxylic acids is 1. The van der Waals surface area contributed by atoms with Crippen molar-refractivity contribution in [3.05, 3.63) is 47.5 Å². The zero-order valence-electron chi connectivity index (χ0n) is 20.9. The molecule has 8 nitrogen and oxygen atoms in total. The summed E-state index contributed by atoms with van der Waals surface area (Å²) < 4.78 is 34.2. The van der Waals surface area contributed by atoms with Gasteiger partial charge < -0.3 is 14.5 Å². The third-order valence-electron chi connectivity index (χ3n) is 7.11. The summed E-state index contributed by atoms with van der Waals surface area (Å²) in [6, 6.07) is 10.7. The minimum atomic E-state index is -3.66. The van der Waals surface area contributed by atoms with Crippen molar-refractivity contribution in [2.24, 2.45) is 5.92 Å². The van der Waals surface area contributed by atoms with Crippen LogP contribution in [0.3, 0.4) is 0 Å². The maximum Gasteiger partial charge on any atom is 0.243 e. The molecule has 3 heterocycles. The van der Waals surface area contributed by atoms with Crippen LogP contribution in [0.4, 0.5) is 5.13 Å². The number of methoxy groups -OCH3 is 1. The average Bonchev–Trinajstić information content (AvgIpc) is 3.33. The Morgan fingerprint density at radius 3 is 2.47 bits per heavy atom. The Morgan fingerprint density at radius 1 is 1.06 bits per heavy atom. The monoisotopic (exact) mass is 528 g/mol. The highest BCUT2D eigenvalue weighted by Gasteiger charge is 2.36. The number of nitrogens with zero attached hydrogens (tertiary/aromatic N) is 4. The van der Waals surface area contributed by atoms with Gasteiger partial charge in [-0.1, -0.05) is 17.4 Å². The molecule has 1 amide bonds. The molecule has 5 rings (SSSR count). The Labute approximate surface area is 216 Å². The highest BCUT2D eigenvalue weighted by Crippen LogP contribution is 2.32. The number of aromatic nitrogens is 1. The average molecular weight is 529 g/mol. The third kappa shape index (κ3) is 4.81. The number of ether oxygens (including phenoxy) is 1. The van der Waals surface area contributed by atoms with Crippen molar-refractivity contribution < 1.29 is 17.9 Å². The Bertz CT molecular complexity index is 1360. The van der Waals surface area contributed by atoms with Crippen molar-refractivity contribution in [2.75, 3.05) is 51.3 Å². The summed E-state index contributed by atoms with van der Waals surface area (Å²) in [5.74, 6) is 0.349.